The summed E-state index contributed by atoms with van der Waals surface area (Å²) in [6.45, 7) is -24.7. The number of imidazole rings is 2. The number of nitrogens with one attached hydrogen (secondary N) is 3. The van der Waals surface area contributed by atoms with Gasteiger partial charge in [-0.2, -0.15) is 4.98 Å². The van der Waals surface area contributed by atoms with Crippen molar-refractivity contribution in [1.82, 2.24) is 77.2 Å². The molecule has 12 unspecified atom stereocenters. The molecule has 50 nitrogen and oxygen atoms in total. The fourth-order valence-electron chi connectivity index (χ4n) is 14.4. The summed E-state index contributed by atoms with van der Waals surface area (Å²) in [6, 6.07) is 0. The third kappa shape index (κ3) is 22.0. The molecule has 62 heteroatoms. The van der Waals surface area contributed by atoms with E-state index in [1.54, 1.807) is 6.92 Å². The third-order valence-electron chi connectivity index (χ3n) is 20.5. The molecule has 0 aliphatic carbocycles. The van der Waals surface area contributed by atoms with Crippen LogP contribution >= 0.6 is 40.4 Å². The van der Waals surface area contributed by atoms with Crippen LogP contribution in [-0.4, -0.2) is 191 Å². The van der Waals surface area contributed by atoms with E-state index in [2.05, 4.69) is 49.8 Å². The summed E-state index contributed by atoms with van der Waals surface area (Å²) in [7, 11) is 1.04. The molecule has 6 saturated heterocycles. The monoisotopic (exact) mass is 1960 g/mol. The van der Waals surface area contributed by atoms with Crippen LogP contribution in [0.15, 0.2) is 83.7 Å². The molecular weight excluding hydrogens is 1890 g/mol. The lowest BCUT2D eigenvalue weighted by molar-refractivity contribution is -0.221. The molecule has 9 N–H and O–H groups in total. The number of rotatable bonds is 35. The Hall–Kier alpha value is -5.67. The van der Waals surface area contributed by atoms with Gasteiger partial charge in [-0.15, -0.1) is 0 Å². The molecule has 6 aliphatic rings. The Kier molecular flexibility index (Phi) is 29.0. The highest BCUT2D eigenvalue weighted by atomic mass is 32.7. The number of nitrogens with two attached hydrogens (primary N) is 3. The number of aryl methyl sites for hydroxylation is 4. The Bertz CT molecular complexity index is 6130. The summed E-state index contributed by atoms with van der Waals surface area (Å²) in [5.74, 6) is -0.146. The third-order valence-corrected chi connectivity index (χ3v) is 30.1. The van der Waals surface area contributed by atoms with Gasteiger partial charge in [0.15, 0.2) is 29.7 Å². The Labute approximate surface area is 728 Å². The molecule has 8 aromatic heterocycles. The summed E-state index contributed by atoms with van der Waals surface area (Å²) in [4.78, 5) is 197. The van der Waals surface area contributed by atoms with E-state index in [1.165, 1.54) is 74.3 Å². The van der Waals surface area contributed by atoms with Crippen LogP contribution in [-0.2, 0) is 159 Å². The van der Waals surface area contributed by atoms with Gasteiger partial charge < -0.3 is 137 Å². The molecule has 0 aromatic carbocycles. The fourth-order valence-corrected chi connectivity index (χ4v) is 22.6. The Morgan fingerprint density at radius 1 is 0.419 bits per heavy atom. The number of H-pyrrole nitrogens is 3. The molecule has 6 fully saturated rings. The Morgan fingerprint density at radius 3 is 1.05 bits per heavy atom. The largest absolute Gasteiger partial charge is 0.780 e. The quantitative estimate of drug-likeness (QED) is 0.0191. The van der Waals surface area contributed by atoms with Crippen molar-refractivity contribution in [2.24, 2.45) is 0 Å². The van der Waals surface area contributed by atoms with Crippen LogP contribution in [0.2, 0.25) is 0 Å². The number of aromatic nitrogens is 16. The Balaban J connectivity index is 0.672. The molecule has 0 bridgehead atoms. The van der Waals surface area contributed by atoms with E-state index in [0.29, 0.717) is 5.56 Å². The van der Waals surface area contributed by atoms with E-state index in [-0.39, 0.29) is 95.0 Å². The highest BCUT2D eigenvalue weighted by molar-refractivity contribution is 8.32. The molecule has 24 atom stereocenters. The van der Waals surface area contributed by atoms with Gasteiger partial charge in [-0.1, -0.05) is 66.0 Å². The number of ether oxygens (including phenoxy) is 6. The van der Waals surface area contributed by atoms with Gasteiger partial charge in [0.2, 0.25) is 0 Å². The van der Waals surface area contributed by atoms with Gasteiger partial charge in [0.25, 0.3) is 16.7 Å². The van der Waals surface area contributed by atoms with Crippen molar-refractivity contribution in [3.05, 3.63) is 145 Å². The average Bonchev–Trinajstić information content (AvgIpc) is 1.62. The second-order valence-corrected chi connectivity index (χ2v) is 45.2. The second-order valence-electron chi connectivity index (χ2n) is 28.9. The minimum absolute atomic E-state index is 0.000798. The molecule has 0 amide bonds. The van der Waals surface area contributed by atoms with Gasteiger partial charge in [0.05, 0.1) is 88.4 Å². The summed E-state index contributed by atoms with van der Waals surface area (Å²) in [5, 5.41) is 0. The van der Waals surface area contributed by atoms with Gasteiger partial charge in [-0.25, -0.2) is 49.1 Å². The summed E-state index contributed by atoms with van der Waals surface area (Å²) in [6.07, 6.45) is -14.7. The number of fused-ring (bicyclic) bond motifs is 2. The van der Waals surface area contributed by atoms with Crippen molar-refractivity contribution in [3.63, 3.8) is 0 Å². The maximum absolute atomic E-state index is 14.9. The molecule has 6 aliphatic heterocycles. The van der Waals surface area contributed by atoms with Crippen molar-refractivity contribution < 1.29 is 112 Å². The number of anilines is 3. The van der Waals surface area contributed by atoms with Crippen LogP contribution in [0, 0.1) is 27.7 Å². The number of aromatic amines is 3. The minimum atomic E-state index is -4.95. The van der Waals surface area contributed by atoms with Crippen molar-refractivity contribution in [2.45, 2.75) is 190 Å². The van der Waals surface area contributed by atoms with Gasteiger partial charge in [0.1, 0.15) is 131 Å². The SMILES string of the molecule is CC[C@H]1O[C@@H](n2cc(C)c(=O)[nH]c2=O)CC1OP([O-])(=S)OC[C@H]1O[C@@H](n2cc(C)c(=O)[nH]c2=O)CC1OP(=O)([S-])OC[C@H]1O[C@@H](n2cc(C)c(N)nc2=O)CC1OP([O-])(=S)OC[C@H]1O[C@@H](n2cnc3c(N)ncnc32)CC1OP([O-])(=S)OC[C@H]1O[C@@H](n2cnc3c(N)ncnc32)CC1OP([O-])(=S)OC[C@H]1O[C@@H](n2cc(C)c(=O)[nH]c2=O)CC1OP([O-])(=S)OC. The van der Waals surface area contributed by atoms with Crippen molar-refractivity contribution in [3.8, 4) is 0 Å². The van der Waals surface area contributed by atoms with Crippen LogP contribution in [0.5, 0.6) is 0 Å². The van der Waals surface area contributed by atoms with Crippen molar-refractivity contribution in [2.75, 3.05) is 57.3 Å². The summed E-state index contributed by atoms with van der Waals surface area (Å²) in [5.41, 5.74) is 14.1. The number of hydrogen-bond donors (Lipinski definition) is 6. The zero-order valence-electron chi connectivity index (χ0n) is 65.3. The topological polar surface area (TPSA) is 663 Å². The fraction of sp³-hybridized carbons (Fsp3) is 0.581. The number of nitrogen functional groups attached to an aromatic ring is 3. The van der Waals surface area contributed by atoms with Gasteiger partial charge >= 0.3 is 22.8 Å². The number of nitrogens with zero attached hydrogens (tertiary/aromatic N) is 13. The average molecular weight is 1960 g/mol. The molecule has 14 heterocycles. The first-order valence-corrected chi connectivity index (χ1v) is 52.6. The first-order valence-electron chi connectivity index (χ1n) is 37.3. The van der Waals surface area contributed by atoms with Crippen LogP contribution < -0.4 is 81.1 Å². The van der Waals surface area contributed by atoms with Crippen LogP contribution in [0.4, 0.5) is 17.5 Å². The lowest BCUT2D eigenvalue weighted by Gasteiger charge is -2.36. The minimum Gasteiger partial charge on any atom is -0.780 e. The molecule has 124 heavy (non-hydrogen) atoms. The molecule has 0 saturated carbocycles. The summed E-state index contributed by atoms with van der Waals surface area (Å²) < 4.78 is 129. The predicted molar refractivity (Wildman–Crippen MR) is 439 cm³/mol. The zero-order valence-corrected chi connectivity index (χ0v) is 75.6. The molecule has 14 rings (SSSR count). The normalized spacial score (nSPS) is 29.6. The lowest BCUT2D eigenvalue weighted by Crippen LogP contribution is -2.34. The highest BCUT2D eigenvalue weighted by Gasteiger charge is 2.48. The van der Waals surface area contributed by atoms with E-state index in [4.69, 9.17) is 171 Å². The van der Waals surface area contributed by atoms with Gasteiger partial charge in [-0.3, -0.25) is 61.3 Å². The van der Waals surface area contributed by atoms with E-state index < -0.39 is 230 Å². The van der Waals surface area contributed by atoms with E-state index in [1.807, 2.05) is 0 Å². The lowest BCUT2D eigenvalue weighted by atomic mass is 10.1. The Morgan fingerprint density at radius 2 is 0.710 bits per heavy atom. The maximum Gasteiger partial charge on any atom is 0.351 e. The molecule has 0 radical (unpaired) electrons. The first kappa shape index (κ1) is 94.4. The van der Waals surface area contributed by atoms with E-state index in [9.17, 15) is 62.6 Å². The maximum atomic E-state index is 14.9. The second kappa shape index (κ2) is 38.0. The highest BCUT2D eigenvalue weighted by Crippen LogP contribution is 2.56. The van der Waals surface area contributed by atoms with E-state index >= 15 is 0 Å². The predicted octanol–water partition coefficient (Wildman–Crippen LogP) is -1.69. The number of hydrogen-bond acceptors (Lipinski definition) is 47. The molecule has 0 spiro atoms. The van der Waals surface area contributed by atoms with Gasteiger partial charge in [-0.05, 0) is 34.1 Å². The van der Waals surface area contributed by atoms with Crippen molar-refractivity contribution in [1.29, 1.82) is 0 Å². The summed E-state index contributed by atoms with van der Waals surface area (Å²) >= 11 is 32.4. The van der Waals surface area contributed by atoms with Crippen molar-refractivity contribution >= 4 is 151 Å². The molecule has 8 aromatic rings. The van der Waals surface area contributed by atoms with Crippen LogP contribution in [0.3, 0.4) is 0 Å². The van der Waals surface area contributed by atoms with E-state index in [0.717, 1.165) is 38.0 Å². The van der Waals surface area contributed by atoms with Crippen LogP contribution in [0.25, 0.3) is 22.3 Å². The molecule has 678 valence electrons. The smallest absolute Gasteiger partial charge is 0.351 e. The standard InChI is InChI=1S/C62H83N19O31P6S6/c1-7-31-32(8-43(101-31)77-15-28(3)56(82)73-60(77)86)108-114(90,120)96-19-40-35(11-46(104-40)79-17-30(5)58(84)75-62(79)88)110-115(91,121)98-20-39-34(10-44(103-39)76-14-27(2)51(63)72-59(76)85)109-116(92,122)99-21-41-37(13-48(105-41)81-26-71-50-53(65)67-24-69-55(50)81)112-118(94,124)100-22-42-36(12-47(106-42)80-25-70-49-52(64)66-23-68-54(49)80)111-117(93,123)97-18-38-33(107-113(89,119)95-6)9-45(102-38)78-16-29(4)57(83)74-61(78)87/h14-17,23-26,31-48H,7-13,18-22H2,1-6H3,(H,89,119)(H,90,120)(H,91,121)(H,92,122)(H,93,123)(H,94,124)(H2,63,72,85)(H2,64,66,68)(H2,65,67,69)(H,73,82,86)(H,74,83,87)(H,75,84,88)/p-6/t31-,32?,33?,34?,35?,36?,37?,38-,39-,40-,41-,42-,43-,44-,45-,46-,47-,48-,113?,114?,115?,116?,117?,118?/m1/s1. The van der Waals surface area contributed by atoms with Gasteiger partial charge in [0, 0.05) is 92.7 Å². The zero-order chi connectivity index (χ0) is 89.2. The van der Waals surface area contributed by atoms with Crippen LogP contribution in [0.1, 0.15) is 111 Å². The molecular formula is C62H77N19O31P6S6-6. The first-order chi connectivity index (χ1) is 58.4.